The van der Waals surface area contributed by atoms with Crippen molar-refractivity contribution in [1.29, 1.82) is 0 Å². The van der Waals surface area contributed by atoms with Crippen molar-refractivity contribution in [3.63, 3.8) is 0 Å². The minimum Gasteiger partial charge on any atom is -0.469 e. The van der Waals surface area contributed by atoms with Gasteiger partial charge in [-0.05, 0) is 12.8 Å². The average molecular weight is 255 g/mol. The van der Waals surface area contributed by atoms with Crippen LogP contribution in [0.15, 0.2) is 0 Å². The van der Waals surface area contributed by atoms with E-state index in [2.05, 4.69) is 0 Å². The molecule has 0 radical (unpaired) electrons. The number of piperidine rings is 2. The number of carbonyl (C=O) groups excluding carboxylic acids is 3. The van der Waals surface area contributed by atoms with Crippen molar-refractivity contribution < 1.29 is 23.9 Å². The highest BCUT2D eigenvalue weighted by Crippen LogP contribution is 2.44. The molecule has 2 bridgehead atoms. The molecule has 1 saturated carbocycles. The molecular formula is C12H17NO5. The van der Waals surface area contributed by atoms with Gasteiger partial charge in [0.05, 0.1) is 32.0 Å². The molecule has 6 nitrogen and oxygen atoms in total. The predicted octanol–water partition coefficient (Wildman–Crippen LogP) is -0.185. The summed E-state index contributed by atoms with van der Waals surface area (Å²) in [5.41, 5.74) is 0. The second-order valence-electron chi connectivity index (χ2n) is 4.80. The minimum atomic E-state index is -0.704. The molecule has 0 aromatic heterocycles. The average Bonchev–Trinajstić information content (AvgIpc) is 2.41. The summed E-state index contributed by atoms with van der Waals surface area (Å²) in [4.78, 5) is 37.3. The predicted molar refractivity (Wildman–Crippen MR) is 60.3 cm³/mol. The first-order chi connectivity index (χ1) is 8.52. The normalized spacial score (nSPS) is 34.4. The summed E-state index contributed by atoms with van der Waals surface area (Å²) in [6.45, 7) is 0. The molecule has 3 aliphatic rings. The first kappa shape index (κ1) is 12.9. The van der Waals surface area contributed by atoms with Gasteiger partial charge in [0.15, 0.2) is 0 Å². The largest absolute Gasteiger partial charge is 0.469 e. The standard InChI is InChI=1S/C12H17NO5/c1-13-7-5-4-6(10(13)14)8(11(15)17-2)9(7)12(16)18-3/h6-9H,4-5H2,1-3H3. The Bertz CT molecular complexity index is 394. The number of esters is 2. The van der Waals surface area contributed by atoms with Gasteiger partial charge in [0, 0.05) is 13.1 Å². The van der Waals surface area contributed by atoms with Crippen LogP contribution in [0.1, 0.15) is 12.8 Å². The van der Waals surface area contributed by atoms with Crippen molar-refractivity contribution in [1.82, 2.24) is 4.90 Å². The molecule has 2 aliphatic heterocycles. The molecule has 0 aromatic rings. The van der Waals surface area contributed by atoms with Crippen LogP contribution in [0.4, 0.5) is 0 Å². The van der Waals surface area contributed by atoms with E-state index < -0.39 is 29.7 Å². The zero-order chi connectivity index (χ0) is 13.4. The van der Waals surface area contributed by atoms with Crippen LogP contribution in [0.2, 0.25) is 0 Å². The molecule has 1 amide bonds. The van der Waals surface area contributed by atoms with Gasteiger partial charge in [0.25, 0.3) is 0 Å². The minimum absolute atomic E-state index is 0.0817. The van der Waals surface area contributed by atoms with Crippen molar-refractivity contribution in [3.05, 3.63) is 0 Å². The van der Waals surface area contributed by atoms with Gasteiger partial charge in [-0.15, -0.1) is 0 Å². The molecule has 1 aliphatic carbocycles. The molecule has 2 saturated heterocycles. The Morgan fingerprint density at radius 1 is 1.11 bits per heavy atom. The summed E-state index contributed by atoms with van der Waals surface area (Å²) in [5, 5.41) is 0. The monoisotopic (exact) mass is 255 g/mol. The van der Waals surface area contributed by atoms with Crippen LogP contribution in [0.5, 0.6) is 0 Å². The molecule has 3 rings (SSSR count). The highest BCUT2D eigenvalue weighted by Gasteiger charge is 2.57. The highest BCUT2D eigenvalue weighted by molar-refractivity contribution is 5.92. The molecule has 4 unspecified atom stereocenters. The lowest BCUT2D eigenvalue weighted by Crippen LogP contribution is -2.63. The Hall–Kier alpha value is -1.59. The topological polar surface area (TPSA) is 72.9 Å². The summed E-state index contributed by atoms with van der Waals surface area (Å²) in [7, 11) is 4.23. The molecule has 0 spiro atoms. The van der Waals surface area contributed by atoms with Gasteiger partial charge in [-0.3, -0.25) is 14.4 Å². The van der Waals surface area contributed by atoms with Crippen LogP contribution in [0.3, 0.4) is 0 Å². The van der Waals surface area contributed by atoms with Gasteiger partial charge >= 0.3 is 11.9 Å². The van der Waals surface area contributed by atoms with E-state index in [1.807, 2.05) is 0 Å². The lowest BCUT2D eigenvalue weighted by atomic mass is 9.64. The summed E-state index contributed by atoms with van der Waals surface area (Å²) >= 11 is 0. The lowest BCUT2D eigenvalue weighted by Gasteiger charge is -2.49. The van der Waals surface area contributed by atoms with Crippen molar-refractivity contribution in [2.45, 2.75) is 18.9 Å². The third-order valence-electron chi connectivity index (χ3n) is 4.12. The Balaban J connectivity index is 2.38. The quantitative estimate of drug-likeness (QED) is 0.640. The fourth-order valence-electron chi connectivity index (χ4n) is 3.22. The van der Waals surface area contributed by atoms with Crippen LogP contribution in [0.25, 0.3) is 0 Å². The third-order valence-corrected chi connectivity index (χ3v) is 4.12. The summed E-state index contributed by atoms with van der Waals surface area (Å²) < 4.78 is 9.50. The fraction of sp³-hybridized carbons (Fsp3) is 0.750. The Kier molecular flexibility index (Phi) is 3.28. The number of hydrogen-bond donors (Lipinski definition) is 0. The molecule has 0 N–H and O–H groups in total. The van der Waals surface area contributed by atoms with Crippen LogP contribution in [-0.2, 0) is 23.9 Å². The summed E-state index contributed by atoms with van der Waals surface area (Å²) in [6, 6.07) is -0.265. The Labute approximate surface area is 105 Å². The van der Waals surface area contributed by atoms with Crippen LogP contribution >= 0.6 is 0 Å². The van der Waals surface area contributed by atoms with E-state index in [1.54, 1.807) is 11.9 Å². The second kappa shape index (κ2) is 4.59. The van der Waals surface area contributed by atoms with Gasteiger partial charge in [-0.1, -0.05) is 0 Å². The Morgan fingerprint density at radius 2 is 1.67 bits per heavy atom. The number of ether oxygens (including phenoxy) is 2. The van der Waals surface area contributed by atoms with Gasteiger partial charge in [0.1, 0.15) is 0 Å². The molecule has 0 aromatic carbocycles. The van der Waals surface area contributed by atoms with Crippen molar-refractivity contribution in [2.24, 2.45) is 17.8 Å². The third kappa shape index (κ3) is 1.67. The van der Waals surface area contributed by atoms with Crippen LogP contribution in [0, 0.1) is 17.8 Å². The lowest BCUT2D eigenvalue weighted by molar-refractivity contribution is -0.180. The summed E-state index contributed by atoms with van der Waals surface area (Å²) in [5.74, 6) is -2.80. The van der Waals surface area contributed by atoms with E-state index in [1.165, 1.54) is 14.2 Å². The highest BCUT2D eigenvalue weighted by atomic mass is 16.5. The first-order valence-electron chi connectivity index (χ1n) is 5.95. The maximum atomic E-state index is 12.0. The number of fused-ring (bicyclic) bond motifs is 3. The van der Waals surface area contributed by atoms with Gasteiger partial charge in [-0.2, -0.15) is 0 Å². The zero-order valence-electron chi connectivity index (χ0n) is 10.7. The first-order valence-corrected chi connectivity index (χ1v) is 5.95. The van der Waals surface area contributed by atoms with E-state index in [4.69, 9.17) is 9.47 Å². The fourth-order valence-corrected chi connectivity index (χ4v) is 3.22. The number of amides is 1. The number of carbonyl (C=O) groups is 3. The van der Waals surface area contributed by atoms with Crippen LogP contribution in [-0.4, -0.2) is 50.1 Å². The van der Waals surface area contributed by atoms with Crippen molar-refractivity contribution in [2.75, 3.05) is 21.3 Å². The zero-order valence-corrected chi connectivity index (χ0v) is 10.7. The molecule has 2 heterocycles. The Morgan fingerprint density at radius 3 is 2.22 bits per heavy atom. The maximum absolute atomic E-state index is 12.0. The smallest absolute Gasteiger partial charge is 0.311 e. The SMILES string of the molecule is COC(=O)C1C2CCC(C1C(=O)OC)N(C)C2=O. The number of rotatable bonds is 2. The van der Waals surface area contributed by atoms with Gasteiger partial charge in [-0.25, -0.2) is 0 Å². The van der Waals surface area contributed by atoms with E-state index in [0.717, 1.165) is 6.42 Å². The van der Waals surface area contributed by atoms with E-state index in [-0.39, 0.29) is 11.9 Å². The number of methoxy groups -OCH3 is 2. The van der Waals surface area contributed by atoms with E-state index in [9.17, 15) is 14.4 Å². The molecule has 4 atom stereocenters. The van der Waals surface area contributed by atoms with Crippen molar-refractivity contribution in [3.8, 4) is 0 Å². The van der Waals surface area contributed by atoms with Crippen LogP contribution < -0.4 is 0 Å². The van der Waals surface area contributed by atoms with Gasteiger partial charge < -0.3 is 14.4 Å². The molecule has 6 heteroatoms. The van der Waals surface area contributed by atoms with Crippen molar-refractivity contribution >= 4 is 17.8 Å². The second-order valence-corrected chi connectivity index (χ2v) is 4.80. The van der Waals surface area contributed by atoms with E-state index in [0.29, 0.717) is 6.42 Å². The number of hydrogen-bond acceptors (Lipinski definition) is 5. The molecule has 100 valence electrons. The van der Waals surface area contributed by atoms with Gasteiger partial charge in [0.2, 0.25) is 5.91 Å². The number of nitrogens with zero attached hydrogens (tertiary/aromatic N) is 1. The molecule has 3 fully saturated rings. The maximum Gasteiger partial charge on any atom is 0.311 e. The molecule has 18 heavy (non-hydrogen) atoms. The molecular weight excluding hydrogens is 238 g/mol. The van der Waals surface area contributed by atoms with E-state index >= 15 is 0 Å². The summed E-state index contributed by atoms with van der Waals surface area (Å²) in [6.07, 6.45) is 1.35.